The molecule has 0 aliphatic heterocycles. The zero-order valence-corrected chi connectivity index (χ0v) is 15.9. The lowest BCUT2D eigenvalue weighted by atomic mass is 10.2. The van der Waals surface area contributed by atoms with Gasteiger partial charge in [-0.05, 0) is 58.7 Å². The molecule has 3 rings (SSSR count). The fraction of sp³-hybridized carbons (Fsp3) is 0.429. The van der Waals surface area contributed by atoms with Crippen molar-refractivity contribution in [1.82, 2.24) is 4.57 Å². The molecule has 2 aromatic rings. The number of ether oxygens (including phenoxy) is 1. The molecule has 1 aromatic carbocycles. The number of para-hydroxylation sites is 1. The Kier molecular flexibility index (Phi) is 5.16. The maximum atomic E-state index is 12.6. The molecular weight excluding hydrogens is 328 g/mol. The number of benzene rings is 1. The summed E-state index contributed by atoms with van der Waals surface area (Å²) >= 11 is 0. The number of carbonyl (C=O) groups excluding carboxylic acids is 2. The molecule has 0 saturated heterocycles. The van der Waals surface area contributed by atoms with Crippen molar-refractivity contribution in [2.45, 2.75) is 52.6 Å². The SMILES string of the molecule is Cc1cc(C(=O)OCC(=O)N(c2ccccc2)C(C)C)c(C)n1C1CC1. The molecule has 0 spiro atoms. The molecule has 0 atom stereocenters. The highest BCUT2D eigenvalue weighted by molar-refractivity contribution is 5.97. The summed E-state index contributed by atoms with van der Waals surface area (Å²) in [5.74, 6) is -0.661. The quantitative estimate of drug-likeness (QED) is 0.736. The standard InChI is InChI=1S/C21H26N2O3/c1-14(2)22(17-8-6-5-7-9-17)20(24)13-26-21(25)19-12-15(3)23(16(19)4)18-10-11-18/h5-9,12,14,18H,10-11,13H2,1-4H3. The van der Waals surface area contributed by atoms with E-state index in [1.807, 2.05) is 64.1 Å². The Bertz CT molecular complexity index is 804. The number of amides is 1. The molecule has 1 fully saturated rings. The topological polar surface area (TPSA) is 51.5 Å². The minimum Gasteiger partial charge on any atom is -0.452 e. The summed E-state index contributed by atoms with van der Waals surface area (Å²) in [6.07, 6.45) is 2.31. The summed E-state index contributed by atoms with van der Waals surface area (Å²) in [6, 6.07) is 11.8. The van der Waals surface area contributed by atoms with Gasteiger partial charge < -0.3 is 14.2 Å². The molecule has 5 heteroatoms. The zero-order chi connectivity index (χ0) is 18.8. The van der Waals surface area contributed by atoms with E-state index in [0.29, 0.717) is 11.6 Å². The molecule has 1 amide bonds. The van der Waals surface area contributed by atoms with E-state index in [0.717, 1.165) is 29.9 Å². The molecule has 1 aliphatic rings. The number of hydrogen-bond acceptors (Lipinski definition) is 3. The lowest BCUT2D eigenvalue weighted by molar-refractivity contribution is -0.122. The van der Waals surface area contributed by atoms with Crippen molar-refractivity contribution in [1.29, 1.82) is 0 Å². The molecular formula is C21H26N2O3. The number of nitrogens with zero attached hydrogens (tertiary/aromatic N) is 2. The van der Waals surface area contributed by atoms with Crippen molar-refractivity contribution in [3.8, 4) is 0 Å². The van der Waals surface area contributed by atoms with Crippen LogP contribution in [-0.4, -0.2) is 29.1 Å². The van der Waals surface area contributed by atoms with Crippen LogP contribution in [0, 0.1) is 13.8 Å². The van der Waals surface area contributed by atoms with Crippen LogP contribution >= 0.6 is 0 Å². The molecule has 0 bridgehead atoms. The van der Waals surface area contributed by atoms with Crippen LogP contribution in [0.25, 0.3) is 0 Å². The fourth-order valence-corrected chi connectivity index (χ4v) is 3.47. The summed E-state index contributed by atoms with van der Waals surface area (Å²) in [5.41, 5.74) is 3.34. The Hall–Kier alpha value is -2.56. The van der Waals surface area contributed by atoms with Crippen molar-refractivity contribution >= 4 is 17.6 Å². The van der Waals surface area contributed by atoms with Gasteiger partial charge in [-0.2, -0.15) is 0 Å². The summed E-state index contributed by atoms with van der Waals surface area (Å²) in [5, 5.41) is 0. The van der Waals surface area contributed by atoms with Crippen molar-refractivity contribution in [3.63, 3.8) is 0 Å². The normalized spacial score (nSPS) is 13.7. The van der Waals surface area contributed by atoms with Gasteiger partial charge in [0.15, 0.2) is 6.61 Å². The van der Waals surface area contributed by atoms with Gasteiger partial charge in [-0.3, -0.25) is 4.79 Å². The lowest BCUT2D eigenvalue weighted by Gasteiger charge is -2.26. The molecule has 0 radical (unpaired) electrons. The van der Waals surface area contributed by atoms with Crippen molar-refractivity contribution in [2.24, 2.45) is 0 Å². The van der Waals surface area contributed by atoms with E-state index in [2.05, 4.69) is 4.57 Å². The van der Waals surface area contributed by atoms with E-state index in [1.54, 1.807) is 4.90 Å². The summed E-state index contributed by atoms with van der Waals surface area (Å²) in [7, 11) is 0. The Morgan fingerprint density at radius 3 is 2.42 bits per heavy atom. The lowest BCUT2D eigenvalue weighted by Crippen LogP contribution is -2.39. The fourth-order valence-electron chi connectivity index (χ4n) is 3.47. The van der Waals surface area contributed by atoms with E-state index >= 15 is 0 Å². The van der Waals surface area contributed by atoms with Crippen LogP contribution in [0.1, 0.15) is 54.5 Å². The smallest absolute Gasteiger partial charge is 0.340 e. The van der Waals surface area contributed by atoms with Crippen molar-refractivity contribution < 1.29 is 14.3 Å². The molecule has 0 unspecified atom stereocenters. The van der Waals surface area contributed by atoms with E-state index in [-0.39, 0.29) is 18.6 Å². The number of esters is 1. The van der Waals surface area contributed by atoms with Crippen LogP contribution in [0.2, 0.25) is 0 Å². The number of hydrogen-bond donors (Lipinski definition) is 0. The van der Waals surface area contributed by atoms with E-state index in [1.165, 1.54) is 0 Å². The maximum Gasteiger partial charge on any atom is 0.340 e. The van der Waals surface area contributed by atoms with Crippen LogP contribution in [-0.2, 0) is 9.53 Å². The molecule has 5 nitrogen and oxygen atoms in total. The highest BCUT2D eigenvalue weighted by Gasteiger charge is 2.29. The van der Waals surface area contributed by atoms with Crippen molar-refractivity contribution in [2.75, 3.05) is 11.5 Å². The number of carbonyl (C=O) groups is 2. The van der Waals surface area contributed by atoms with Gasteiger partial charge in [-0.1, -0.05) is 18.2 Å². The largest absolute Gasteiger partial charge is 0.452 e. The Morgan fingerprint density at radius 2 is 1.85 bits per heavy atom. The maximum absolute atomic E-state index is 12.6. The molecule has 138 valence electrons. The predicted octanol–water partition coefficient (Wildman–Crippen LogP) is 4.04. The van der Waals surface area contributed by atoms with E-state index < -0.39 is 5.97 Å². The average molecular weight is 354 g/mol. The first-order valence-corrected chi connectivity index (χ1v) is 9.12. The van der Waals surface area contributed by atoms with Gasteiger partial charge in [-0.15, -0.1) is 0 Å². The third kappa shape index (κ3) is 3.66. The first kappa shape index (κ1) is 18.2. The first-order chi connectivity index (χ1) is 12.4. The van der Waals surface area contributed by atoms with Crippen molar-refractivity contribution in [3.05, 3.63) is 53.3 Å². The Balaban J connectivity index is 1.69. The number of rotatable bonds is 6. The highest BCUT2D eigenvalue weighted by Crippen LogP contribution is 2.38. The minimum absolute atomic E-state index is 0.0245. The number of aryl methyl sites for hydroxylation is 1. The Labute approximate surface area is 154 Å². The predicted molar refractivity (Wildman–Crippen MR) is 102 cm³/mol. The second-order valence-corrected chi connectivity index (χ2v) is 7.16. The van der Waals surface area contributed by atoms with Gasteiger partial charge in [0.1, 0.15) is 0 Å². The van der Waals surface area contributed by atoms with Crippen LogP contribution < -0.4 is 4.90 Å². The second kappa shape index (κ2) is 7.36. The van der Waals surface area contributed by atoms with Crippen LogP contribution in [0.5, 0.6) is 0 Å². The minimum atomic E-state index is -0.435. The highest BCUT2D eigenvalue weighted by atomic mass is 16.5. The van der Waals surface area contributed by atoms with Gasteiger partial charge in [0.25, 0.3) is 5.91 Å². The zero-order valence-electron chi connectivity index (χ0n) is 15.9. The summed E-state index contributed by atoms with van der Waals surface area (Å²) in [6.45, 7) is 7.56. The van der Waals surface area contributed by atoms with Gasteiger partial charge >= 0.3 is 5.97 Å². The summed E-state index contributed by atoms with van der Waals surface area (Å²) < 4.78 is 7.55. The first-order valence-electron chi connectivity index (χ1n) is 9.12. The van der Waals surface area contributed by atoms with Gasteiger partial charge in [0.05, 0.1) is 5.56 Å². The Morgan fingerprint density at radius 1 is 1.19 bits per heavy atom. The molecule has 1 saturated carbocycles. The molecule has 1 aliphatic carbocycles. The van der Waals surface area contributed by atoms with Gasteiger partial charge in [0.2, 0.25) is 0 Å². The number of aromatic nitrogens is 1. The number of anilines is 1. The van der Waals surface area contributed by atoms with Crippen LogP contribution in [0.3, 0.4) is 0 Å². The van der Waals surface area contributed by atoms with Gasteiger partial charge in [0, 0.05) is 29.2 Å². The molecule has 1 heterocycles. The van der Waals surface area contributed by atoms with Crippen LogP contribution in [0.4, 0.5) is 5.69 Å². The molecule has 0 N–H and O–H groups in total. The summed E-state index contributed by atoms with van der Waals surface area (Å²) in [4.78, 5) is 26.8. The van der Waals surface area contributed by atoms with E-state index in [4.69, 9.17) is 4.74 Å². The molecule has 26 heavy (non-hydrogen) atoms. The van der Waals surface area contributed by atoms with Gasteiger partial charge in [-0.25, -0.2) is 4.79 Å². The second-order valence-electron chi connectivity index (χ2n) is 7.16. The third-order valence-electron chi connectivity index (χ3n) is 4.76. The van der Waals surface area contributed by atoms with E-state index in [9.17, 15) is 9.59 Å². The monoisotopic (exact) mass is 354 g/mol. The average Bonchev–Trinajstić information content (AvgIpc) is 3.38. The third-order valence-corrected chi connectivity index (χ3v) is 4.76. The van der Waals surface area contributed by atoms with Crippen LogP contribution in [0.15, 0.2) is 36.4 Å². The molecule has 1 aromatic heterocycles.